The van der Waals surface area contributed by atoms with Gasteiger partial charge in [0.15, 0.2) is 0 Å². The molecule has 0 N–H and O–H groups in total. The summed E-state index contributed by atoms with van der Waals surface area (Å²) in [5.74, 6) is 0.113. The minimum Gasteiger partial charge on any atom is -0.271 e. The maximum Gasteiger partial charge on any atom is 0.149 e. The number of sulfone groups is 1. The third-order valence-electron chi connectivity index (χ3n) is 2.71. The summed E-state index contributed by atoms with van der Waals surface area (Å²) < 4.78 is 23.8. The number of hydrogen-bond donors (Lipinski definition) is 0. The van der Waals surface area contributed by atoms with Crippen LogP contribution in [-0.2, 0) is 16.4 Å². The Kier molecular flexibility index (Phi) is 3.52. The summed E-state index contributed by atoms with van der Waals surface area (Å²) in [6, 6.07) is 8.16. The molecule has 5 heteroatoms. The van der Waals surface area contributed by atoms with E-state index in [1.54, 1.807) is 10.9 Å². The summed E-state index contributed by atoms with van der Waals surface area (Å²) in [6.07, 6.45) is 4.86. The summed E-state index contributed by atoms with van der Waals surface area (Å²) in [7, 11) is -2.94. The van der Waals surface area contributed by atoms with E-state index in [4.69, 9.17) is 0 Å². The zero-order chi connectivity index (χ0) is 13.2. The highest BCUT2D eigenvalue weighted by Crippen LogP contribution is 2.18. The lowest BCUT2D eigenvalue weighted by Crippen LogP contribution is -2.11. The smallest absolute Gasteiger partial charge is 0.149 e. The van der Waals surface area contributed by atoms with E-state index in [2.05, 4.69) is 5.10 Å². The van der Waals surface area contributed by atoms with Gasteiger partial charge in [-0.05, 0) is 12.5 Å². The molecule has 96 valence electrons. The van der Waals surface area contributed by atoms with Crippen molar-refractivity contribution in [2.24, 2.45) is 0 Å². The van der Waals surface area contributed by atoms with Gasteiger partial charge in [0.1, 0.15) is 9.84 Å². The number of rotatable bonds is 4. The Hall–Kier alpha value is -1.62. The highest BCUT2D eigenvalue weighted by molar-refractivity contribution is 7.90. The number of aromatic nitrogens is 2. The van der Waals surface area contributed by atoms with Gasteiger partial charge in [-0.15, -0.1) is 0 Å². The monoisotopic (exact) mass is 264 g/mol. The predicted molar refractivity (Wildman–Crippen MR) is 72.1 cm³/mol. The highest BCUT2D eigenvalue weighted by atomic mass is 32.2. The molecule has 1 heterocycles. The Balaban J connectivity index is 2.13. The number of aryl methyl sites for hydroxylation is 2. The Labute approximate surface area is 107 Å². The van der Waals surface area contributed by atoms with E-state index in [1.807, 2.05) is 37.4 Å². The van der Waals surface area contributed by atoms with Crippen molar-refractivity contribution in [3.63, 3.8) is 0 Å². The van der Waals surface area contributed by atoms with Crippen LogP contribution in [0.4, 0.5) is 0 Å². The van der Waals surface area contributed by atoms with Gasteiger partial charge in [-0.25, -0.2) is 8.42 Å². The lowest BCUT2D eigenvalue weighted by Gasteiger charge is -1.99. The van der Waals surface area contributed by atoms with Crippen molar-refractivity contribution in [3.05, 3.63) is 42.2 Å². The molecule has 0 unspecified atom stereocenters. The highest BCUT2D eigenvalue weighted by Gasteiger charge is 2.05. The molecular formula is C13H16N2O2S. The van der Waals surface area contributed by atoms with Crippen LogP contribution >= 0.6 is 0 Å². The molecule has 1 aromatic heterocycles. The molecule has 0 radical (unpaired) electrons. The van der Waals surface area contributed by atoms with Crippen LogP contribution in [-0.4, -0.2) is 30.2 Å². The van der Waals surface area contributed by atoms with E-state index in [0.717, 1.165) is 11.1 Å². The Morgan fingerprint density at radius 3 is 2.44 bits per heavy atom. The van der Waals surface area contributed by atoms with Crippen LogP contribution in [0.5, 0.6) is 0 Å². The van der Waals surface area contributed by atoms with Gasteiger partial charge < -0.3 is 0 Å². The fourth-order valence-electron chi connectivity index (χ4n) is 1.64. The predicted octanol–water partition coefficient (Wildman–Crippen LogP) is 1.90. The average Bonchev–Trinajstić information content (AvgIpc) is 2.75. The second kappa shape index (κ2) is 4.94. The summed E-state index contributed by atoms with van der Waals surface area (Å²) >= 11 is 0. The van der Waals surface area contributed by atoms with Gasteiger partial charge >= 0.3 is 0 Å². The lowest BCUT2D eigenvalue weighted by atomic mass is 10.1. The summed E-state index contributed by atoms with van der Waals surface area (Å²) in [5.41, 5.74) is 3.30. The van der Waals surface area contributed by atoms with Crippen LogP contribution in [0.3, 0.4) is 0 Å². The molecule has 18 heavy (non-hydrogen) atoms. The maximum absolute atomic E-state index is 11.1. The maximum atomic E-state index is 11.1. The minimum absolute atomic E-state index is 0.113. The molecular weight excluding hydrogens is 248 g/mol. The van der Waals surface area contributed by atoms with Crippen LogP contribution in [0.25, 0.3) is 11.1 Å². The van der Waals surface area contributed by atoms with Crippen molar-refractivity contribution >= 4 is 9.84 Å². The summed E-state index contributed by atoms with van der Waals surface area (Å²) in [4.78, 5) is 0. The topological polar surface area (TPSA) is 52.0 Å². The quantitative estimate of drug-likeness (QED) is 0.847. The number of hydrogen-bond acceptors (Lipinski definition) is 3. The van der Waals surface area contributed by atoms with E-state index in [1.165, 1.54) is 11.8 Å². The van der Waals surface area contributed by atoms with Crippen molar-refractivity contribution in [1.29, 1.82) is 0 Å². The standard InChI is InChI=1S/C13H16N2O2S/c1-11-3-5-12(6-4-11)13-9-14-15(10-13)7-8-18(2,16)17/h3-6,9-10H,7-8H2,1-2H3. The van der Waals surface area contributed by atoms with Crippen LogP contribution in [0, 0.1) is 6.92 Å². The van der Waals surface area contributed by atoms with E-state index in [9.17, 15) is 8.42 Å². The Morgan fingerprint density at radius 1 is 1.17 bits per heavy atom. The van der Waals surface area contributed by atoms with Gasteiger partial charge in [-0.1, -0.05) is 29.8 Å². The van der Waals surface area contributed by atoms with Gasteiger partial charge in [-0.2, -0.15) is 5.10 Å². The first-order chi connectivity index (χ1) is 8.44. The lowest BCUT2D eigenvalue weighted by molar-refractivity contribution is 0.586. The Bertz CT molecular complexity index is 627. The Morgan fingerprint density at radius 2 is 1.83 bits per heavy atom. The first-order valence-corrected chi connectivity index (χ1v) is 7.77. The fraction of sp³-hybridized carbons (Fsp3) is 0.308. The molecule has 0 amide bonds. The zero-order valence-corrected chi connectivity index (χ0v) is 11.3. The molecule has 2 aromatic rings. The molecule has 0 bridgehead atoms. The van der Waals surface area contributed by atoms with E-state index < -0.39 is 9.84 Å². The molecule has 0 saturated carbocycles. The van der Waals surface area contributed by atoms with Gasteiger partial charge in [0.05, 0.1) is 18.5 Å². The molecule has 0 fully saturated rings. The first-order valence-electron chi connectivity index (χ1n) is 5.71. The third-order valence-corrected chi connectivity index (χ3v) is 3.63. The molecule has 0 aliphatic heterocycles. The molecule has 0 spiro atoms. The van der Waals surface area contributed by atoms with E-state index >= 15 is 0 Å². The molecule has 0 atom stereocenters. The number of nitrogens with zero attached hydrogens (tertiary/aromatic N) is 2. The molecule has 4 nitrogen and oxygen atoms in total. The van der Waals surface area contributed by atoms with Gasteiger partial charge in [0.2, 0.25) is 0 Å². The van der Waals surface area contributed by atoms with Crippen LogP contribution in [0.1, 0.15) is 5.56 Å². The first kappa shape index (κ1) is 12.8. The largest absolute Gasteiger partial charge is 0.271 e. The molecule has 0 saturated heterocycles. The van der Waals surface area contributed by atoms with Crippen molar-refractivity contribution in [2.45, 2.75) is 13.5 Å². The van der Waals surface area contributed by atoms with E-state index in [-0.39, 0.29) is 5.75 Å². The van der Waals surface area contributed by atoms with Crippen LogP contribution < -0.4 is 0 Å². The molecule has 0 aliphatic rings. The van der Waals surface area contributed by atoms with Gasteiger partial charge in [-0.3, -0.25) is 4.68 Å². The van der Waals surface area contributed by atoms with Crippen LogP contribution in [0.15, 0.2) is 36.7 Å². The van der Waals surface area contributed by atoms with Gasteiger partial charge in [0, 0.05) is 18.0 Å². The average molecular weight is 264 g/mol. The molecule has 2 rings (SSSR count). The van der Waals surface area contributed by atoms with Crippen LogP contribution in [0.2, 0.25) is 0 Å². The second-order valence-corrected chi connectivity index (χ2v) is 6.75. The fourth-order valence-corrected chi connectivity index (χ4v) is 2.16. The van der Waals surface area contributed by atoms with Gasteiger partial charge in [0.25, 0.3) is 0 Å². The SMILES string of the molecule is Cc1ccc(-c2cnn(CCS(C)(=O)=O)c2)cc1. The number of benzene rings is 1. The normalized spacial score (nSPS) is 11.7. The van der Waals surface area contributed by atoms with Crippen molar-refractivity contribution < 1.29 is 8.42 Å². The summed E-state index contributed by atoms with van der Waals surface area (Å²) in [5, 5.41) is 4.17. The molecule has 1 aromatic carbocycles. The third kappa shape index (κ3) is 3.43. The van der Waals surface area contributed by atoms with E-state index in [0.29, 0.717) is 6.54 Å². The second-order valence-electron chi connectivity index (χ2n) is 4.49. The molecule has 0 aliphatic carbocycles. The van der Waals surface area contributed by atoms with Crippen molar-refractivity contribution in [1.82, 2.24) is 9.78 Å². The zero-order valence-electron chi connectivity index (χ0n) is 10.5. The van der Waals surface area contributed by atoms with Crippen molar-refractivity contribution in [3.8, 4) is 11.1 Å². The van der Waals surface area contributed by atoms with Crippen molar-refractivity contribution in [2.75, 3.05) is 12.0 Å². The summed E-state index contributed by atoms with van der Waals surface area (Å²) in [6.45, 7) is 2.43. The minimum atomic E-state index is -2.94.